The minimum atomic E-state index is 0.673. The summed E-state index contributed by atoms with van der Waals surface area (Å²) in [5, 5.41) is 0. The zero-order valence-corrected chi connectivity index (χ0v) is 15.1. The number of anilines is 1. The van der Waals surface area contributed by atoms with E-state index in [2.05, 4.69) is 23.6 Å². The molecule has 0 atom stereocenters. The van der Waals surface area contributed by atoms with E-state index in [1.807, 2.05) is 36.4 Å². The first kappa shape index (κ1) is 17.1. The zero-order valence-electron chi connectivity index (χ0n) is 15.1. The molecule has 0 saturated carbocycles. The lowest BCUT2D eigenvalue weighted by Gasteiger charge is -2.14. The predicted molar refractivity (Wildman–Crippen MR) is 101 cm³/mol. The summed E-state index contributed by atoms with van der Waals surface area (Å²) in [4.78, 5) is 6.99. The second kappa shape index (κ2) is 7.03. The fourth-order valence-electron chi connectivity index (χ4n) is 2.88. The van der Waals surface area contributed by atoms with E-state index in [-0.39, 0.29) is 0 Å². The minimum absolute atomic E-state index is 0.673. The first-order valence-corrected chi connectivity index (χ1v) is 8.16. The van der Waals surface area contributed by atoms with Crippen molar-refractivity contribution in [3.8, 4) is 22.9 Å². The molecule has 0 saturated heterocycles. The standard InChI is InChI=1S/C19H24N4O2/c1-22(2)8-9-23-16-12-18(25-4)17(24-3)11-15(16)21-19(23)13-6-5-7-14(20)10-13/h5-7,10-12H,8-9,20H2,1-4H3. The number of nitrogens with two attached hydrogens (primary N) is 1. The van der Waals surface area contributed by atoms with Gasteiger partial charge < -0.3 is 24.7 Å². The van der Waals surface area contributed by atoms with Crippen LogP contribution in [0.4, 0.5) is 5.69 Å². The van der Waals surface area contributed by atoms with Gasteiger partial charge in [0, 0.05) is 36.5 Å². The van der Waals surface area contributed by atoms with Crippen molar-refractivity contribution in [2.75, 3.05) is 40.6 Å². The van der Waals surface area contributed by atoms with Gasteiger partial charge >= 0.3 is 0 Å². The Bertz CT molecular complexity index is 887. The van der Waals surface area contributed by atoms with Crippen molar-refractivity contribution in [2.45, 2.75) is 6.54 Å². The number of rotatable bonds is 6. The van der Waals surface area contributed by atoms with Crippen molar-refractivity contribution in [1.82, 2.24) is 14.5 Å². The second-order valence-electron chi connectivity index (χ2n) is 6.21. The lowest BCUT2D eigenvalue weighted by atomic mass is 10.2. The molecule has 2 N–H and O–H groups in total. The highest BCUT2D eigenvalue weighted by molar-refractivity contribution is 5.84. The number of methoxy groups -OCH3 is 2. The molecule has 0 aliphatic rings. The number of nitrogens with zero attached hydrogens (tertiary/aromatic N) is 3. The van der Waals surface area contributed by atoms with Crippen molar-refractivity contribution >= 4 is 16.7 Å². The van der Waals surface area contributed by atoms with Gasteiger partial charge in [-0.2, -0.15) is 0 Å². The fraction of sp³-hybridized carbons (Fsp3) is 0.316. The Hall–Kier alpha value is -2.73. The highest BCUT2D eigenvalue weighted by atomic mass is 16.5. The lowest BCUT2D eigenvalue weighted by Crippen LogP contribution is -2.18. The summed E-state index contributed by atoms with van der Waals surface area (Å²) in [6.07, 6.45) is 0. The molecule has 0 amide bonds. The molecule has 0 fully saturated rings. The van der Waals surface area contributed by atoms with E-state index in [1.165, 1.54) is 0 Å². The van der Waals surface area contributed by atoms with Crippen LogP contribution >= 0.6 is 0 Å². The summed E-state index contributed by atoms with van der Waals surface area (Å²) in [5.41, 5.74) is 9.56. The van der Waals surface area contributed by atoms with Gasteiger partial charge in [-0.25, -0.2) is 4.98 Å². The Kier molecular flexibility index (Phi) is 4.81. The highest BCUT2D eigenvalue weighted by Crippen LogP contribution is 2.34. The molecule has 0 unspecified atom stereocenters. The predicted octanol–water partition coefficient (Wildman–Crippen LogP) is 2.86. The van der Waals surface area contributed by atoms with E-state index in [4.69, 9.17) is 20.2 Å². The van der Waals surface area contributed by atoms with Gasteiger partial charge in [0.25, 0.3) is 0 Å². The molecule has 132 valence electrons. The van der Waals surface area contributed by atoms with E-state index < -0.39 is 0 Å². The smallest absolute Gasteiger partial charge is 0.163 e. The molecule has 25 heavy (non-hydrogen) atoms. The third-order valence-electron chi connectivity index (χ3n) is 4.17. The van der Waals surface area contributed by atoms with E-state index in [0.717, 1.165) is 41.2 Å². The maximum Gasteiger partial charge on any atom is 0.163 e. The van der Waals surface area contributed by atoms with Crippen LogP contribution in [0.25, 0.3) is 22.4 Å². The van der Waals surface area contributed by atoms with Crippen LogP contribution < -0.4 is 15.2 Å². The molecule has 0 bridgehead atoms. The van der Waals surface area contributed by atoms with Gasteiger partial charge in [-0.3, -0.25) is 0 Å². The summed E-state index contributed by atoms with van der Waals surface area (Å²) < 4.78 is 13.1. The molecule has 3 rings (SSSR count). The Morgan fingerprint density at radius 2 is 1.80 bits per heavy atom. The number of benzene rings is 2. The summed E-state index contributed by atoms with van der Waals surface area (Å²) in [6, 6.07) is 11.7. The summed E-state index contributed by atoms with van der Waals surface area (Å²) in [5.74, 6) is 2.26. The SMILES string of the molecule is COc1cc2nc(-c3cccc(N)c3)n(CCN(C)C)c2cc1OC. The van der Waals surface area contributed by atoms with Crippen molar-refractivity contribution in [3.63, 3.8) is 0 Å². The number of ether oxygens (including phenoxy) is 2. The molecule has 3 aromatic rings. The molecule has 0 aliphatic heterocycles. The topological polar surface area (TPSA) is 65.5 Å². The molecule has 1 aromatic heterocycles. The number of hydrogen-bond acceptors (Lipinski definition) is 5. The molecule has 0 aliphatic carbocycles. The van der Waals surface area contributed by atoms with Gasteiger partial charge in [0.15, 0.2) is 11.5 Å². The molecular formula is C19H24N4O2. The number of likely N-dealkylation sites (N-methyl/N-ethyl adjacent to an activating group) is 1. The minimum Gasteiger partial charge on any atom is -0.493 e. The lowest BCUT2D eigenvalue weighted by molar-refractivity contribution is 0.355. The number of nitrogen functional groups attached to an aromatic ring is 1. The number of imidazole rings is 1. The van der Waals surface area contributed by atoms with Crippen molar-refractivity contribution < 1.29 is 9.47 Å². The Labute approximate surface area is 147 Å². The molecule has 1 heterocycles. The maximum atomic E-state index is 5.97. The Morgan fingerprint density at radius 3 is 2.44 bits per heavy atom. The van der Waals surface area contributed by atoms with Crippen LogP contribution in [-0.2, 0) is 6.54 Å². The van der Waals surface area contributed by atoms with Gasteiger partial charge in [0.2, 0.25) is 0 Å². The second-order valence-corrected chi connectivity index (χ2v) is 6.21. The van der Waals surface area contributed by atoms with Crippen LogP contribution in [-0.4, -0.2) is 49.3 Å². The van der Waals surface area contributed by atoms with E-state index in [9.17, 15) is 0 Å². The normalized spacial score (nSPS) is 11.2. The zero-order chi connectivity index (χ0) is 18.0. The molecule has 0 radical (unpaired) electrons. The molecule has 6 nitrogen and oxygen atoms in total. The first-order valence-electron chi connectivity index (χ1n) is 8.16. The summed E-state index contributed by atoms with van der Waals surface area (Å²) in [6.45, 7) is 1.71. The number of hydrogen-bond donors (Lipinski definition) is 1. The monoisotopic (exact) mass is 340 g/mol. The molecule has 2 aromatic carbocycles. The highest BCUT2D eigenvalue weighted by Gasteiger charge is 2.16. The fourth-order valence-corrected chi connectivity index (χ4v) is 2.88. The first-order chi connectivity index (χ1) is 12.0. The number of fused-ring (bicyclic) bond motifs is 1. The molecule has 6 heteroatoms. The van der Waals surface area contributed by atoms with Crippen LogP contribution in [0.15, 0.2) is 36.4 Å². The van der Waals surface area contributed by atoms with Crippen LogP contribution in [0.1, 0.15) is 0 Å². The maximum absolute atomic E-state index is 5.97. The molecular weight excluding hydrogens is 316 g/mol. The summed E-state index contributed by atoms with van der Waals surface area (Å²) in [7, 11) is 7.39. The third kappa shape index (κ3) is 3.39. The quantitative estimate of drug-likeness (QED) is 0.699. The number of aromatic nitrogens is 2. The van der Waals surface area contributed by atoms with E-state index in [1.54, 1.807) is 14.2 Å². The average molecular weight is 340 g/mol. The van der Waals surface area contributed by atoms with Crippen molar-refractivity contribution in [2.24, 2.45) is 0 Å². The molecule has 0 spiro atoms. The Balaban J connectivity index is 2.21. The average Bonchev–Trinajstić information content (AvgIpc) is 2.96. The van der Waals surface area contributed by atoms with Gasteiger partial charge in [0.1, 0.15) is 5.82 Å². The van der Waals surface area contributed by atoms with Crippen LogP contribution in [0.3, 0.4) is 0 Å². The van der Waals surface area contributed by atoms with E-state index in [0.29, 0.717) is 11.5 Å². The largest absolute Gasteiger partial charge is 0.493 e. The third-order valence-corrected chi connectivity index (χ3v) is 4.17. The van der Waals surface area contributed by atoms with Crippen LogP contribution in [0, 0.1) is 0 Å². The van der Waals surface area contributed by atoms with Gasteiger partial charge in [0.05, 0.1) is 25.3 Å². The van der Waals surface area contributed by atoms with Crippen LogP contribution in [0.2, 0.25) is 0 Å². The van der Waals surface area contributed by atoms with Crippen molar-refractivity contribution in [3.05, 3.63) is 36.4 Å². The van der Waals surface area contributed by atoms with Gasteiger partial charge in [-0.05, 0) is 26.2 Å². The van der Waals surface area contributed by atoms with Crippen molar-refractivity contribution in [1.29, 1.82) is 0 Å². The van der Waals surface area contributed by atoms with Gasteiger partial charge in [-0.15, -0.1) is 0 Å². The van der Waals surface area contributed by atoms with Gasteiger partial charge in [-0.1, -0.05) is 12.1 Å². The van der Waals surface area contributed by atoms with E-state index >= 15 is 0 Å². The van der Waals surface area contributed by atoms with Crippen LogP contribution in [0.5, 0.6) is 11.5 Å². The Morgan fingerprint density at radius 1 is 1.08 bits per heavy atom. The summed E-state index contributed by atoms with van der Waals surface area (Å²) >= 11 is 0.